The first-order valence-corrected chi connectivity index (χ1v) is 7.95. The standard InChI is InChI=1S/C17H26N2O/c1-17(2)8-5-15(6-9-17)20-16-7-10-18-11-13(16)12-19-14-3-4-14/h7,10-11,14-15,19H,3-6,8-9,12H2,1-2H3. The van der Waals surface area contributed by atoms with E-state index in [1.54, 1.807) is 0 Å². The molecule has 0 saturated heterocycles. The van der Waals surface area contributed by atoms with Gasteiger partial charge in [0.05, 0.1) is 6.10 Å². The zero-order valence-electron chi connectivity index (χ0n) is 12.7. The number of ether oxygens (including phenoxy) is 1. The average molecular weight is 274 g/mol. The highest BCUT2D eigenvalue weighted by Crippen LogP contribution is 2.37. The summed E-state index contributed by atoms with van der Waals surface area (Å²) in [5.74, 6) is 1.03. The Labute approximate surface area is 122 Å². The smallest absolute Gasteiger partial charge is 0.127 e. The van der Waals surface area contributed by atoms with Crippen LogP contribution in [0.15, 0.2) is 18.5 Å². The Morgan fingerprint density at radius 1 is 1.25 bits per heavy atom. The van der Waals surface area contributed by atoms with E-state index >= 15 is 0 Å². The summed E-state index contributed by atoms with van der Waals surface area (Å²) in [7, 11) is 0. The molecule has 0 radical (unpaired) electrons. The van der Waals surface area contributed by atoms with Crippen molar-refractivity contribution in [3.63, 3.8) is 0 Å². The molecule has 1 heterocycles. The van der Waals surface area contributed by atoms with Crippen molar-refractivity contribution < 1.29 is 4.74 Å². The van der Waals surface area contributed by atoms with Gasteiger partial charge in [-0.2, -0.15) is 0 Å². The third kappa shape index (κ3) is 3.72. The van der Waals surface area contributed by atoms with E-state index in [9.17, 15) is 0 Å². The number of pyridine rings is 1. The molecular weight excluding hydrogens is 248 g/mol. The van der Waals surface area contributed by atoms with Crippen molar-refractivity contribution in [1.82, 2.24) is 10.3 Å². The van der Waals surface area contributed by atoms with Gasteiger partial charge in [0.2, 0.25) is 0 Å². The maximum absolute atomic E-state index is 6.25. The molecule has 2 fully saturated rings. The highest BCUT2D eigenvalue weighted by Gasteiger charge is 2.28. The van der Waals surface area contributed by atoms with Crippen LogP contribution in [0.3, 0.4) is 0 Å². The molecule has 0 aliphatic heterocycles. The number of hydrogen-bond donors (Lipinski definition) is 1. The normalized spacial score (nSPS) is 22.7. The summed E-state index contributed by atoms with van der Waals surface area (Å²) < 4.78 is 6.25. The Balaban J connectivity index is 1.58. The molecule has 3 nitrogen and oxygen atoms in total. The Kier molecular flexibility index (Phi) is 3.97. The molecule has 1 aromatic heterocycles. The SMILES string of the molecule is CC1(C)CCC(Oc2ccncc2CNC2CC2)CC1. The van der Waals surface area contributed by atoms with Gasteiger partial charge in [0, 0.05) is 30.5 Å². The highest BCUT2D eigenvalue weighted by molar-refractivity contribution is 5.30. The van der Waals surface area contributed by atoms with E-state index in [0.29, 0.717) is 11.5 Å². The molecule has 0 amide bonds. The molecule has 3 rings (SSSR count). The monoisotopic (exact) mass is 274 g/mol. The molecule has 2 aliphatic carbocycles. The number of aromatic nitrogens is 1. The van der Waals surface area contributed by atoms with E-state index in [0.717, 1.165) is 18.3 Å². The first-order chi connectivity index (χ1) is 9.62. The third-order valence-corrected chi connectivity index (χ3v) is 4.60. The first-order valence-electron chi connectivity index (χ1n) is 7.95. The lowest BCUT2D eigenvalue weighted by Crippen LogP contribution is -2.29. The van der Waals surface area contributed by atoms with Crippen molar-refractivity contribution in [3.8, 4) is 5.75 Å². The molecule has 2 saturated carbocycles. The van der Waals surface area contributed by atoms with Crippen LogP contribution in [-0.2, 0) is 6.54 Å². The van der Waals surface area contributed by atoms with Gasteiger partial charge in [0.25, 0.3) is 0 Å². The molecule has 110 valence electrons. The van der Waals surface area contributed by atoms with Gasteiger partial charge < -0.3 is 10.1 Å². The molecule has 1 aromatic rings. The third-order valence-electron chi connectivity index (χ3n) is 4.60. The van der Waals surface area contributed by atoms with Crippen LogP contribution in [0, 0.1) is 5.41 Å². The minimum Gasteiger partial charge on any atom is -0.490 e. The van der Waals surface area contributed by atoms with Crippen molar-refractivity contribution in [2.45, 2.75) is 71.1 Å². The lowest BCUT2D eigenvalue weighted by atomic mass is 9.76. The second-order valence-corrected chi connectivity index (χ2v) is 7.12. The van der Waals surface area contributed by atoms with Gasteiger partial charge in [-0.3, -0.25) is 4.98 Å². The largest absolute Gasteiger partial charge is 0.490 e. The van der Waals surface area contributed by atoms with Gasteiger partial charge in [-0.15, -0.1) is 0 Å². The molecule has 3 heteroatoms. The van der Waals surface area contributed by atoms with Crippen molar-refractivity contribution >= 4 is 0 Å². The molecule has 2 aliphatic rings. The van der Waals surface area contributed by atoms with Gasteiger partial charge >= 0.3 is 0 Å². The zero-order chi connectivity index (χ0) is 14.0. The van der Waals surface area contributed by atoms with Crippen LogP contribution in [0.2, 0.25) is 0 Å². The van der Waals surface area contributed by atoms with Crippen LogP contribution in [0.1, 0.15) is 57.9 Å². The van der Waals surface area contributed by atoms with Crippen LogP contribution >= 0.6 is 0 Å². The van der Waals surface area contributed by atoms with Gasteiger partial charge in [-0.05, 0) is 50.0 Å². The van der Waals surface area contributed by atoms with Crippen molar-refractivity contribution in [2.75, 3.05) is 0 Å². The molecule has 0 atom stereocenters. The second-order valence-electron chi connectivity index (χ2n) is 7.12. The van der Waals surface area contributed by atoms with E-state index in [4.69, 9.17) is 4.74 Å². The number of rotatable bonds is 5. The molecule has 0 aromatic carbocycles. The van der Waals surface area contributed by atoms with Crippen molar-refractivity contribution in [2.24, 2.45) is 5.41 Å². The Morgan fingerprint density at radius 2 is 2.00 bits per heavy atom. The average Bonchev–Trinajstić information content (AvgIpc) is 3.24. The summed E-state index contributed by atoms with van der Waals surface area (Å²) in [5, 5.41) is 3.54. The van der Waals surface area contributed by atoms with E-state index in [2.05, 4.69) is 24.1 Å². The van der Waals surface area contributed by atoms with E-state index < -0.39 is 0 Å². The highest BCUT2D eigenvalue weighted by atomic mass is 16.5. The lowest BCUT2D eigenvalue weighted by Gasteiger charge is -2.34. The molecular formula is C17H26N2O. The molecule has 1 N–H and O–H groups in total. The van der Waals surface area contributed by atoms with Crippen LogP contribution in [0.25, 0.3) is 0 Å². The fourth-order valence-electron chi connectivity index (χ4n) is 2.87. The summed E-state index contributed by atoms with van der Waals surface area (Å²) in [6, 6.07) is 2.74. The summed E-state index contributed by atoms with van der Waals surface area (Å²) in [6.07, 6.45) is 11.7. The van der Waals surface area contributed by atoms with Gasteiger partial charge in [-0.25, -0.2) is 0 Å². The molecule has 20 heavy (non-hydrogen) atoms. The van der Waals surface area contributed by atoms with E-state index in [1.165, 1.54) is 44.1 Å². The lowest BCUT2D eigenvalue weighted by molar-refractivity contribution is 0.0977. The van der Waals surface area contributed by atoms with Crippen LogP contribution < -0.4 is 10.1 Å². The number of nitrogens with one attached hydrogen (secondary N) is 1. The minimum atomic E-state index is 0.380. The second kappa shape index (κ2) is 5.72. The van der Waals surface area contributed by atoms with Crippen molar-refractivity contribution in [1.29, 1.82) is 0 Å². The van der Waals surface area contributed by atoms with Crippen LogP contribution in [0.5, 0.6) is 5.75 Å². The molecule has 0 bridgehead atoms. The topological polar surface area (TPSA) is 34.1 Å². The quantitative estimate of drug-likeness (QED) is 0.889. The van der Waals surface area contributed by atoms with E-state index in [1.807, 2.05) is 18.5 Å². The van der Waals surface area contributed by atoms with Gasteiger partial charge in [0.1, 0.15) is 5.75 Å². The Hall–Kier alpha value is -1.09. The summed E-state index contributed by atoms with van der Waals surface area (Å²) in [5.41, 5.74) is 1.69. The van der Waals surface area contributed by atoms with E-state index in [-0.39, 0.29) is 0 Å². The number of nitrogens with zero attached hydrogens (tertiary/aromatic N) is 1. The minimum absolute atomic E-state index is 0.380. The molecule has 0 spiro atoms. The summed E-state index contributed by atoms with van der Waals surface area (Å²) in [4.78, 5) is 4.24. The molecule has 0 unspecified atom stereocenters. The summed E-state index contributed by atoms with van der Waals surface area (Å²) in [6.45, 7) is 5.60. The van der Waals surface area contributed by atoms with Gasteiger partial charge in [-0.1, -0.05) is 13.8 Å². The fraction of sp³-hybridized carbons (Fsp3) is 0.706. The van der Waals surface area contributed by atoms with Crippen LogP contribution in [0.4, 0.5) is 0 Å². The number of hydrogen-bond acceptors (Lipinski definition) is 3. The predicted octanol–water partition coefficient (Wildman–Crippen LogP) is 3.68. The fourth-order valence-corrected chi connectivity index (χ4v) is 2.87. The van der Waals surface area contributed by atoms with Crippen LogP contribution in [-0.4, -0.2) is 17.1 Å². The maximum Gasteiger partial charge on any atom is 0.127 e. The Morgan fingerprint density at radius 3 is 2.70 bits per heavy atom. The first kappa shape index (κ1) is 13.9. The maximum atomic E-state index is 6.25. The predicted molar refractivity (Wildman–Crippen MR) is 80.8 cm³/mol. The summed E-state index contributed by atoms with van der Waals surface area (Å²) >= 11 is 0. The van der Waals surface area contributed by atoms with Gasteiger partial charge in [0.15, 0.2) is 0 Å². The Bertz CT molecular complexity index is 444. The van der Waals surface area contributed by atoms with Crippen molar-refractivity contribution in [3.05, 3.63) is 24.0 Å². The zero-order valence-corrected chi connectivity index (χ0v) is 12.7.